The molecule has 0 aliphatic carbocycles. The summed E-state index contributed by atoms with van der Waals surface area (Å²) < 4.78 is 9.90. The average molecular weight is 267 g/mol. The van der Waals surface area contributed by atoms with E-state index in [-0.39, 0.29) is 19.1 Å². The zero-order valence-electron chi connectivity index (χ0n) is 11.4. The number of rotatable bonds is 8. The van der Waals surface area contributed by atoms with E-state index in [2.05, 4.69) is 5.32 Å². The Labute approximate surface area is 113 Å². The molecule has 0 bridgehead atoms. The molecule has 0 aromatic heterocycles. The number of carbonyl (C=O) groups excluding carboxylic acids is 1. The molecule has 1 atom stereocenters. The van der Waals surface area contributed by atoms with E-state index < -0.39 is 6.10 Å². The molecule has 0 heterocycles. The molecule has 0 saturated carbocycles. The maximum Gasteiger partial charge on any atom is 0.220 e. The predicted octanol–water partition coefficient (Wildman–Crippen LogP) is 0.751. The third-order valence-electron chi connectivity index (χ3n) is 2.67. The molecule has 0 saturated heterocycles. The van der Waals surface area contributed by atoms with Crippen molar-refractivity contribution in [3.8, 4) is 5.75 Å². The van der Waals surface area contributed by atoms with Crippen molar-refractivity contribution in [1.29, 1.82) is 0 Å². The van der Waals surface area contributed by atoms with Crippen LogP contribution in [0.5, 0.6) is 5.75 Å². The van der Waals surface area contributed by atoms with Crippen molar-refractivity contribution in [3.63, 3.8) is 0 Å². The third kappa shape index (κ3) is 6.22. The smallest absolute Gasteiger partial charge is 0.220 e. The highest BCUT2D eigenvalue weighted by Gasteiger charge is 2.07. The van der Waals surface area contributed by atoms with Crippen LogP contribution in [0.4, 0.5) is 0 Å². The van der Waals surface area contributed by atoms with E-state index in [9.17, 15) is 9.90 Å². The van der Waals surface area contributed by atoms with Crippen LogP contribution in [0.3, 0.4) is 0 Å². The normalized spacial score (nSPS) is 11.9. The van der Waals surface area contributed by atoms with Gasteiger partial charge in [0.15, 0.2) is 0 Å². The number of hydrogen-bond acceptors (Lipinski definition) is 4. The van der Waals surface area contributed by atoms with Crippen LogP contribution in [0.1, 0.15) is 12.0 Å². The number of amides is 1. The van der Waals surface area contributed by atoms with Crippen molar-refractivity contribution in [2.45, 2.75) is 18.9 Å². The lowest BCUT2D eigenvalue weighted by Gasteiger charge is -2.10. The van der Waals surface area contributed by atoms with Crippen molar-refractivity contribution in [2.24, 2.45) is 0 Å². The lowest BCUT2D eigenvalue weighted by Crippen LogP contribution is -2.34. The van der Waals surface area contributed by atoms with Crippen LogP contribution in [0.2, 0.25) is 0 Å². The second-order valence-corrected chi connectivity index (χ2v) is 4.26. The van der Waals surface area contributed by atoms with Crippen LogP contribution in [0.25, 0.3) is 0 Å². The monoisotopic (exact) mass is 267 g/mol. The van der Waals surface area contributed by atoms with Gasteiger partial charge in [-0.05, 0) is 24.1 Å². The van der Waals surface area contributed by atoms with Gasteiger partial charge in [-0.25, -0.2) is 0 Å². The topological polar surface area (TPSA) is 67.8 Å². The molecule has 5 heteroatoms. The molecular weight excluding hydrogens is 246 g/mol. The van der Waals surface area contributed by atoms with Crippen molar-refractivity contribution < 1.29 is 19.4 Å². The fraction of sp³-hybridized carbons (Fsp3) is 0.500. The summed E-state index contributed by atoms with van der Waals surface area (Å²) >= 11 is 0. The van der Waals surface area contributed by atoms with Gasteiger partial charge in [-0.1, -0.05) is 12.1 Å². The van der Waals surface area contributed by atoms with E-state index in [1.807, 2.05) is 24.3 Å². The Morgan fingerprint density at radius 1 is 1.42 bits per heavy atom. The first kappa shape index (κ1) is 15.5. The van der Waals surface area contributed by atoms with Crippen molar-refractivity contribution in [3.05, 3.63) is 29.8 Å². The van der Waals surface area contributed by atoms with Gasteiger partial charge >= 0.3 is 0 Å². The lowest BCUT2D eigenvalue weighted by atomic mass is 10.1. The minimum absolute atomic E-state index is 0.0852. The van der Waals surface area contributed by atoms with Crippen LogP contribution in [0, 0.1) is 0 Å². The zero-order valence-corrected chi connectivity index (χ0v) is 11.4. The summed E-state index contributed by atoms with van der Waals surface area (Å²) in [6, 6.07) is 7.63. The highest BCUT2D eigenvalue weighted by atomic mass is 16.5. The van der Waals surface area contributed by atoms with Crippen LogP contribution in [0.15, 0.2) is 24.3 Å². The molecule has 5 nitrogen and oxygen atoms in total. The van der Waals surface area contributed by atoms with Crippen molar-refractivity contribution >= 4 is 5.91 Å². The van der Waals surface area contributed by atoms with Gasteiger partial charge in [0.25, 0.3) is 0 Å². The summed E-state index contributed by atoms with van der Waals surface area (Å²) in [4.78, 5) is 11.6. The quantitative estimate of drug-likeness (QED) is 0.729. The largest absolute Gasteiger partial charge is 0.497 e. The molecule has 0 fully saturated rings. The first-order valence-electron chi connectivity index (χ1n) is 6.22. The van der Waals surface area contributed by atoms with Gasteiger partial charge in [0.2, 0.25) is 5.91 Å². The van der Waals surface area contributed by atoms with Crippen molar-refractivity contribution in [2.75, 3.05) is 27.4 Å². The second-order valence-electron chi connectivity index (χ2n) is 4.26. The molecule has 1 aromatic rings. The van der Waals surface area contributed by atoms with Gasteiger partial charge in [0, 0.05) is 20.1 Å². The first-order valence-corrected chi connectivity index (χ1v) is 6.22. The Hall–Kier alpha value is -1.59. The number of ether oxygens (including phenoxy) is 2. The summed E-state index contributed by atoms with van der Waals surface area (Å²) in [7, 11) is 3.12. The van der Waals surface area contributed by atoms with Gasteiger partial charge in [0.05, 0.1) is 19.8 Å². The standard InChI is InChI=1S/C14H21NO4/c1-18-10-12(16)9-15-14(17)7-6-11-4-3-5-13(8-11)19-2/h3-5,8,12,16H,6-7,9-10H2,1-2H3,(H,15,17). The fourth-order valence-corrected chi connectivity index (χ4v) is 1.66. The number of nitrogens with one attached hydrogen (secondary N) is 1. The van der Waals surface area contributed by atoms with E-state index in [0.29, 0.717) is 12.8 Å². The molecule has 0 radical (unpaired) electrons. The number of aliphatic hydroxyl groups is 1. The Kier molecular flexibility index (Phi) is 6.92. The number of aliphatic hydroxyl groups excluding tert-OH is 1. The summed E-state index contributed by atoms with van der Waals surface area (Å²) in [5.74, 6) is 0.700. The van der Waals surface area contributed by atoms with Gasteiger partial charge in [-0.2, -0.15) is 0 Å². The predicted molar refractivity (Wildman–Crippen MR) is 72.2 cm³/mol. The van der Waals surface area contributed by atoms with Gasteiger partial charge in [0.1, 0.15) is 5.75 Å². The maximum atomic E-state index is 11.6. The zero-order chi connectivity index (χ0) is 14.1. The molecule has 1 rings (SSSR count). The molecule has 0 spiro atoms. The summed E-state index contributed by atoms with van der Waals surface area (Å²) in [6.45, 7) is 0.431. The molecule has 19 heavy (non-hydrogen) atoms. The lowest BCUT2D eigenvalue weighted by molar-refractivity contribution is -0.121. The molecular formula is C14H21NO4. The van der Waals surface area contributed by atoms with Crippen molar-refractivity contribution in [1.82, 2.24) is 5.32 Å². The molecule has 106 valence electrons. The Bertz CT molecular complexity index is 395. The maximum absolute atomic E-state index is 11.6. The van der Waals surface area contributed by atoms with Crippen LogP contribution in [-0.4, -0.2) is 44.5 Å². The molecule has 0 aliphatic rings. The number of aryl methyl sites for hydroxylation is 1. The molecule has 2 N–H and O–H groups in total. The Balaban J connectivity index is 2.29. The number of benzene rings is 1. The number of hydrogen-bond donors (Lipinski definition) is 2. The van der Waals surface area contributed by atoms with Crippen LogP contribution < -0.4 is 10.1 Å². The second kappa shape index (κ2) is 8.50. The number of methoxy groups -OCH3 is 2. The van der Waals surface area contributed by atoms with Gasteiger partial charge in [-0.15, -0.1) is 0 Å². The summed E-state index contributed by atoms with van der Waals surface area (Å²) in [5.41, 5.74) is 1.05. The van der Waals surface area contributed by atoms with E-state index in [1.54, 1.807) is 7.11 Å². The first-order chi connectivity index (χ1) is 9.15. The van der Waals surface area contributed by atoms with Crippen LogP contribution in [-0.2, 0) is 16.0 Å². The Morgan fingerprint density at radius 2 is 2.21 bits per heavy atom. The Morgan fingerprint density at radius 3 is 2.89 bits per heavy atom. The molecule has 0 aliphatic heterocycles. The third-order valence-corrected chi connectivity index (χ3v) is 2.67. The van der Waals surface area contributed by atoms with Gasteiger partial charge in [-0.3, -0.25) is 4.79 Å². The van der Waals surface area contributed by atoms with E-state index >= 15 is 0 Å². The molecule has 1 amide bonds. The fourth-order valence-electron chi connectivity index (χ4n) is 1.66. The average Bonchev–Trinajstić information content (AvgIpc) is 2.43. The van der Waals surface area contributed by atoms with E-state index in [4.69, 9.17) is 9.47 Å². The number of carbonyl (C=O) groups is 1. The highest BCUT2D eigenvalue weighted by molar-refractivity contribution is 5.76. The molecule has 1 aromatic carbocycles. The highest BCUT2D eigenvalue weighted by Crippen LogP contribution is 2.13. The van der Waals surface area contributed by atoms with E-state index in [0.717, 1.165) is 11.3 Å². The minimum Gasteiger partial charge on any atom is -0.497 e. The summed E-state index contributed by atoms with van der Waals surface area (Å²) in [6.07, 6.45) is 0.363. The summed E-state index contributed by atoms with van der Waals surface area (Å²) in [5, 5.41) is 12.1. The molecule has 1 unspecified atom stereocenters. The minimum atomic E-state index is -0.661. The van der Waals surface area contributed by atoms with Gasteiger partial charge < -0.3 is 19.9 Å². The van der Waals surface area contributed by atoms with E-state index in [1.165, 1.54) is 7.11 Å². The van der Waals surface area contributed by atoms with Crippen LogP contribution >= 0.6 is 0 Å². The SMILES string of the molecule is COCC(O)CNC(=O)CCc1cccc(OC)c1.